The largest absolute Gasteiger partial charge is 0.481 e. The summed E-state index contributed by atoms with van der Waals surface area (Å²) in [6, 6.07) is 7.59. The van der Waals surface area contributed by atoms with E-state index in [9.17, 15) is 9.59 Å². The van der Waals surface area contributed by atoms with Crippen LogP contribution in [0.2, 0.25) is 0 Å². The SMILES string of the molecule is Cc1c(CC(=O)O)c2ccccc2n1C(=O)C1CCCC1. The molecule has 0 spiro atoms. The smallest absolute Gasteiger partial charge is 0.307 e. The van der Waals surface area contributed by atoms with E-state index in [1.807, 2.05) is 31.2 Å². The van der Waals surface area contributed by atoms with Gasteiger partial charge in [-0.3, -0.25) is 14.2 Å². The van der Waals surface area contributed by atoms with Gasteiger partial charge in [-0.1, -0.05) is 31.0 Å². The number of carboxylic acids is 1. The van der Waals surface area contributed by atoms with E-state index in [4.69, 9.17) is 5.11 Å². The number of nitrogens with zero attached hydrogens (tertiary/aromatic N) is 1. The molecule has 1 aromatic heterocycles. The van der Waals surface area contributed by atoms with Gasteiger partial charge in [-0.15, -0.1) is 0 Å². The molecule has 3 rings (SSSR count). The molecule has 4 nitrogen and oxygen atoms in total. The Hall–Kier alpha value is -2.10. The molecule has 1 aliphatic rings. The molecule has 21 heavy (non-hydrogen) atoms. The molecule has 0 aliphatic heterocycles. The van der Waals surface area contributed by atoms with E-state index in [-0.39, 0.29) is 18.2 Å². The molecule has 0 amide bonds. The summed E-state index contributed by atoms with van der Waals surface area (Å²) in [4.78, 5) is 23.9. The zero-order valence-electron chi connectivity index (χ0n) is 12.1. The Labute approximate surface area is 123 Å². The van der Waals surface area contributed by atoms with Gasteiger partial charge in [0.25, 0.3) is 0 Å². The molecular weight excluding hydrogens is 266 g/mol. The second kappa shape index (κ2) is 5.35. The van der Waals surface area contributed by atoms with Crippen molar-refractivity contribution in [2.24, 2.45) is 5.92 Å². The van der Waals surface area contributed by atoms with Crippen LogP contribution in [0.3, 0.4) is 0 Å². The zero-order valence-corrected chi connectivity index (χ0v) is 12.1. The lowest BCUT2D eigenvalue weighted by molar-refractivity contribution is -0.136. The number of hydrogen-bond acceptors (Lipinski definition) is 2. The van der Waals surface area contributed by atoms with Gasteiger partial charge in [0.05, 0.1) is 11.9 Å². The number of benzene rings is 1. The second-order valence-electron chi connectivity index (χ2n) is 5.81. The summed E-state index contributed by atoms with van der Waals surface area (Å²) < 4.78 is 1.74. The summed E-state index contributed by atoms with van der Waals surface area (Å²) in [5, 5.41) is 9.99. The standard InChI is InChI=1S/C17H19NO3/c1-11-14(10-16(19)20)13-8-4-5-9-15(13)18(11)17(21)12-6-2-3-7-12/h4-5,8-9,12H,2-3,6-7,10H2,1H3,(H,19,20). The van der Waals surface area contributed by atoms with E-state index in [2.05, 4.69) is 0 Å². The minimum Gasteiger partial charge on any atom is -0.481 e. The van der Waals surface area contributed by atoms with Crippen molar-refractivity contribution in [1.82, 2.24) is 4.57 Å². The first-order valence-corrected chi connectivity index (χ1v) is 7.44. The Morgan fingerprint density at radius 2 is 1.90 bits per heavy atom. The maximum Gasteiger partial charge on any atom is 0.307 e. The van der Waals surface area contributed by atoms with Crippen molar-refractivity contribution in [2.45, 2.75) is 39.0 Å². The lowest BCUT2D eigenvalue weighted by Crippen LogP contribution is -2.20. The minimum atomic E-state index is -0.866. The van der Waals surface area contributed by atoms with Crippen molar-refractivity contribution in [3.05, 3.63) is 35.5 Å². The Kier molecular flexibility index (Phi) is 3.53. The van der Waals surface area contributed by atoms with Crippen LogP contribution in [0.5, 0.6) is 0 Å². The molecule has 1 N–H and O–H groups in total. The monoisotopic (exact) mass is 285 g/mol. The summed E-state index contributed by atoms with van der Waals surface area (Å²) in [7, 11) is 0. The number of carbonyl (C=O) groups is 2. The highest BCUT2D eigenvalue weighted by Crippen LogP contribution is 2.31. The summed E-state index contributed by atoms with van der Waals surface area (Å²) in [6.45, 7) is 1.85. The molecule has 1 aliphatic carbocycles. The van der Waals surface area contributed by atoms with E-state index in [0.717, 1.165) is 47.8 Å². The van der Waals surface area contributed by atoms with Gasteiger partial charge in [0.1, 0.15) is 0 Å². The molecule has 0 radical (unpaired) electrons. The molecule has 0 unspecified atom stereocenters. The van der Waals surface area contributed by atoms with Crippen LogP contribution in [0, 0.1) is 12.8 Å². The summed E-state index contributed by atoms with van der Waals surface area (Å²) in [6.07, 6.45) is 4.06. The summed E-state index contributed by atoms with van der Waals surface area (Å²) >= 11 is 0. The molecule has 0 bridgehead atoms. The lowest BCUT2D eigenvalue weighted by atomic mass is 10.1. The molecule has 1 aromatic carbocycles. The Balaban J connectivity index is 2.15. The molecule has 1 saturated carbocycles. The van der Waals surface area contributed by atoms with E-state index in [0.29, 0.717) is 0 Å². The van der Waals surface area contributed by atoms with Crippen LogP contribution in [0.15, 0.2) is 24.3 Å². The van der Waals surface area contributed by atoms with E-state index in [1.54, 1.807) is 4.57 Å². The van der Waals surface area contributed by atoms with Gasteiger partial charge < -0.3 is 5.11 Å². The first kappa shape index (κ1) is 13.9. The van der Waals surface area contributed by atoms with E-state index >= 15 is 0 Å². The topological polar surface area (TPSA) is 59.3 Å². The summed E-state index contributed by atoms with van der Waals surface area (Å²) in [5.41, 5.74) is 2.36. The highest BCUT2D eigenvalue weighted by atomic mass is 16.4. The van der Waals surface area contributed by atoms with Crippen LogP contribution in [-0.4, -0.2) is 21.6 Å². The highest BCUT2D eigenvalue weighted by Gasteiger charge is 2.27. The van der Waals surface area contributed by atoms with Crippen molar-refractivity contribution >= 4 is 22.8 Å². The van der Waals surface area contributed by atoms with E-state index in [1.165, 1.54) is 0 Å². The maximum atomic E-state index is 12.8. The van der Waals surface area contributed by atoms with Crippen LogP contribution in [0.4, 0.5) is 0 Å². The van der Waals surface area contributed by atoms with E-state index < -0.39 is 5.97 Å². The predicted octanol–water partition coefficient (Wildman–Crippen LogP) is 3.41. The van der Waals surface area contributed by atoms with Crippen LogP contribution in [-0.2, 0) is 11.2 Å². The number of aromatic nitrogens is 1. The first-order chi connectivity index (χ1) is 10.1. The average Bonchev–Trinajstić information content (AvgIpc) is 3.06. The predicted molar refractivity (Wildman–Crippen MR) is 80.6 cm³/mol. The third kappa shape index (κ3) is 2.35. The van der Waals surface area contributed by atoms with Crippen LogP contribution in [0.25, 0.3) is 10.9 Å². The van der Waals surface area contributed by atoms with Crippen molar-refractivity contribution in [1.29, 1.82) is 0 Å². The zero-order chi connectivity index (χ0) is 15.0. The number of carboxylic acid groups (broad SMARTS) is 1. The Morgan fingerprint density at radius 1 is 1.24 bits per heavy atom. The molecule has 0 atom stereocenters. The fourth-order valence-electron chi connectivity index (χ4n) is 3.45. The molecule has 1 fully saturated rings. The van der Waals surface area contributed by atoms with Gasteiger partial charge in [-0.2, -0.15) is 0 Å². The van der Waals surface area contributed by atoms with Gasteiger partial charge in [-0.05, 0) is 31.4 Å². The van der Waals surface area contributed by atoms with Crippen molar-refractivity contribution in [3.63, 3.8) is 0 Å². The van der Waals surface area contributed by atoms with Gasteiger partial charge in [0.2, 0.25) is 5.91 Å². The molecular formula is C17H19NO3. The van der Waals surface area contributed by atoms with Crippen molar-refractivity contribution in [3.8, 4) is 0 Å². The highest BCUT2D eigenvalue weighted by molar-refractivity contribution is 5.98. The van der Waals surface area contributed by atoms with Crippen molar-refractivity contribution < 1.29 is 14.7 Å². The lowest BCUT2D eigenvalue weighted by Gasteiger charge is -2.12. The molecule has 4 heteroatoms. The number of fused-ring (bicyclic) bond motifs is 1. The second-order valence-corrected chi connectivity index (χ2v) is 5.81. The number of para-hydroxylation sites is 1. The first-order valence-electron chi connectivity index (χ1n) is 7.44. The average molecular weight is 285 g/mol. The fourth-order valence-corrected chi connectivity index (χ4v) is 3.45. The maximum absolute atomic E-state index is 12.8. The molecule has 2 aromatic rings. The van der Waals surface area contributed by atoms with Crippen LogP contribution < -0.4 is 0 Å². The number of hydrogen-bond donors (Lipinski definition) is 1. The Morgan fingerprint density at radius 3 is 2.57 bits per heavy atom. The van der Waals surface area contributed by atoms with Gasteiger partial charge in [0.15, 0.2) is 0 Å². The number of aliphatic carboxylic acids is 1. The Bertz CT molecular complexity index is 708. The quantitative estimate of drug-likeness (QED) is 0.940. The minimum absolute atomic E-state index is 0.0444. The number of carbonyl (C=O) groups excluding carboxylic acids is 1. The molecule has 110 valence electrons. The molecule has 1 heterocycles. The summed E-state index contributed by atoms with van der Waals surface area (Å²) in [5.74, 6) is -0.663. The third-order valence-corrected chi connectivity index (χ3v) is 4.50. The van der Waals surface area contributed by atoms with Gasteiger partial charge >= 0.3 is 5.97 Å². The fraction of sp³-hybridized carbons (Fsp3) is 0.412. The third-order valence-electron chi connectivity index (χ3n) is 4.50. The molecule has 0 saturated heterocycles. The van der Waals surface area contributed by atoms with Crippen LogP contribution in [0.1, 0.15) is 41.7 Å². The normalized spacial score (nSPS) is 15.7. The van der Waals surface area contributed by atoms with Gasteiger partial charge in [-0.25, -0.2) is 0 Å². The van der Waals surface area contributed by atoms with Crippen LogP contribution >= 0.6 is 0 Å². The number of rotatable bonds is 3. The van der Waals surface area contributed by atoms with Gasteiger partial charge in [0, 0.05) is 17.0 Å². The van der Waals surface area contributed by atoms with Crippen molar-refractivity contribution in [2.75, 3.05) is 0 Å².